The molecule has 0 aliphatic heterocycles. The number of carbonyl (C=O) groups is 1. The Bertz CT molecular complexity index is 1000. The maximum absolute atomic E-state index is 12.4. The van der Waals surface area contributed by atoms with Crippen molar-refractivity contribution in [2.45, 2.75) is 42.9 Å². The van der Waals surface area contributed by atoms with Gasteiger partial charge in [0.2, 0.25) is 5.91 Å². The lowest BCUT2D eigenvalue weighted by Crippen LogP contribution is -2.37. The zero-order valence-electron chi connectivity index (χ0n) is 16.4. The van der Waals surface area contributed by atoms with Crippen LogP contribution in [0.3, 0.4) is 0 Å². The summed E-state index contributed by atoms with van der Waals surface area (Å²) in [6, 6.07) is 9.96. The Morgan fingerprint density at radius 1 is 1.25 bits per heavy atom. The van der Waals surface area contributed by atoms with Gasteiger partial charge in [0.15, 0.2) is 0 Å². The van der Waals surface area contributed by atoms with Crippen molar-refractivity contribution in [2.75, 3.05) is 19.4 Å². The van der Waals surface area contributed by atoms with E-state index >= 15 is 0 Å². The zero-order valence-corrected chi connectivity index (χ0v) is 18.0. The van der Waals surface area contributed by atoms with Crippen LogP contribution in [0.15, 0.2) is 35.2 Å². The minimum absolute atomic E-state index is 0.0406. The molecule has 1 aromatic carbocycles. The predicted molar refractivity (Wildman–Crippen MR) is 117 cm³/mol. The fourth-order valence-corrected chi connectivity index (χ4v) is 5.58. The molecule has 1 aliphatic rings. The third kappa shape index (κ3) is 3.86. The molecule has 0 bridgehead atoms. The number of rotatable bonds is 6. The average Bonchev–Trinajstić information content (AvgIpc) is 3.27. The number of likely N-dealkylation sites (N-methyl/N-ethyl adjacent to an activating group) is 1. The van der Waals surface area contributed by atoms with Crippen LogP contribution in [-0.4, -0.2) is 40.9 Å². The number of aryl methyl sites for hydroxylation is 2. The van der Waals surface area contributed by atoms with E-state index in [1.54, 1.807) is 42.1 Å². The van der Waals surface area contributed by atoms with E-state index in [0.29, 0.717) is 5.75 Å². The molecule has 1 atom stereocenters. The Morgan fingerprint density at radius 2 is 2.04 bits per heavy atom. The van der Waals surface area contributed by atoms with E-state index in [0.717, 1.165) is 34.7 Å². The molecule has 1 aliphatic carbocycles. The zero-order chi connectivity index (χ0) is 19.7. The number of anilines is 1. The molecular weight excluding hydrogens is 388 g/mol. The second-order valence-corrected chi connectivity index (χ2v) is 9.36. The topological polar surface area (TPSA) is 58.1 Å². The van der Waals surface area contributed by atoms with Gasteiger partial charge in [0.1, 0.15) is 22.5 Å². The summed E-state index contributed by atoms with van der Waals surface area (Å²) in [5.74, 6) is 2.34. The van der Waals surface area contributed by atoms with Gasteiger partial charge >= 0.3 is 0 Å². The van der Waals surface area contributed by atoms with Gasteiger partial charge in [-0.3, -0.25) is 4.79 Å². The lowest BCUT2D eigenvalue weighted by molar-refractivity contribution is -0.129. The summed E-state index contributed by atoms with van der Waals surface area (Å²) >= 11 is 3.51. The van der Waals surface area contributed by atoms with Gasteiger partial charge in [-0.2, -0.15) is 0 Å². The largest absolute Gasteiger partial charge is 0.358 e. The van der Waals surface area contributed by atoms with Crippen LogP contribution in [0.2, 0.25) is 0 Å². The summed E-state index contributed by atoms with van der Waals surface area (Å²) in [5, 5.41) is 4.49. The minimum Gasteiger partial charge on any atom is -0.358 e. The van der Waals surface area contributed by atoms with E-state index in [4.69, 9.17) is 9.97 Å². The summed E-state index contributed by atoms with van der Waals surface area (Å²) in [7, 11) is 3.56. The average molecular weight is 413 g/mol. The Balaban J connectivity index is 1.67. The third-order valence-corrected chi connectivity index (χ3v) is 7.08. The number of hydrogen-bond acceptors (Lipinski definition) is 6. The molecule has 0 spiro atoms. The number of aromatic nitrogens is 2. The molecule has 146 valence electrons. The molecule has 0 radical (unpaired) electrons. The van der Waals surface area contributed by atoms with Gasteiger partial charge in [-0.1, -0.05) is 18.2 Å². The van der Waals surface area contributed by atoms with Gasteiger partial charge < -0.3 is 10.2 Å². The molecule has 0 saturated carbocycles. The Kier molecular flexibility index (Phi) is 5.55. The molecule has 1 N–H and O–H groups in total. The van der Waals surface area contributed by atoms with Gasteiger partial charge in [-0.05, 0) is 43.9 Å². The Morgan fingerprint density at radius 3 is 2.79 bits per heavy atom. The highest BCUT2D eigenvalue weighted by atomic mass is 32.2. The second kappa shape index (κ2) is 8.09. The maximum atomic E-state index is 12.4. The highest BCUT2D eigenvalue weighted by Crippen LogP contribution is 2.40. The van der Waals surface area contributed by atoms with Crippen LogP contribution >= 0.6 is 23.1 Å². The SMILES string of the molecule is CC(Nc1nc(CSc2ccccc2)nc2sc3c(c12)CCC3)C(=O)N(C)C. The van der Waals surface area contributed by atoms with E-state index in [-0.39, 0.29) is 11.9 Å². The summed E-state index contributed by atoms with van der Waals surface area (Å²) < 4.78 is 0. The van der Waals surface area contributed by atoms with Crippen molar-refractivity contribution in [3.05, 3.63) is 46.6 Å². The number of carbonyl (C=O) groups excluding carboxylic acids is 1. The first kappa shape index (κ1) is 19.2. The van der Waals surface area contributed by atoms with Crippen LogP contribution in [0.5, 0.6) is 0 Å². The number of thiophene rings is 1. The smallest absolute Gasteiger partial charge is 0.244 e. The number of nitrogens with zero attached hydrogens (tertiary/aromatic N) is 3. The predicted octanol–water partition coefficient (Wildman–Crippen LogP) is 4.36. The third-order valence-electron chi connectivity index (χ3n) is 4.89. The summed E-state index contributed by atoms with van der Waals surface area (Å²) in [6.07, 6.45) is 3.38. The van der Waals surface area contributed by atoms with E-state index in [1.807, 2.05) is 25.1 Å². The number of fused-ring (bicyclic) bond motifs is 3. The van der Waals surface area contributed by atoms with Crippen LogP contribution in [-0.2, 0) is 23.4 Å². The number of nitrogens with one attached hydrogen (secondary N) is 1. The molecule has 0 saturated heterocycles. The number of benzene rings is 1. The van der Waals surface area contributed by atoms with Crippen molar-refractivity contribution in [1.29, 1.82) is 0 Å². The highest BCUT2D eigenvalue weighted by Gasteiger charge is 2.24. The summed E-state index contributed by atoms with van der Waals surface area (Å²) in [4.78, 5) is 27.3. The van der Waals surface area contributed by atoms with Crippen molar-refractivity contribution >= 4 is 45.0 Å². The number of hydrogen-bond donors (Lipinski definition) is 1. The van der Waals surface area contributed by atoms with E-state index in [9.17, 15) is 4.79 Å². The van der Waals surface area contributed by atoms with Crippen molar-refractivity contribution in [3.8, 4) is 0 Å². The Labute approximate surface area is 173 Å². The lowest BCUT2D eigenvalue weighted by atomic mass is 10.1. The lowest BCUT2D eigenvalue weighted by Gasteiger charge is -2.19. The first-order chi connectivity index (χ1) is 13.5. The van der Waals surface area contributed by atoms with Crippen LogP contribution in [0, 0.1) is 0 Å². The van der Waals surface area contributed by atoms with E-state index < -0.39 is 0 Å². The standard InChI is InChI=1S/C21H24N4OS2/c1-13(21(26)25(2)3)22-19-18-15-10-7-11-16(15)28-20(18)24-17(23-19)12-27-14-8-5-4-6-9-14/h4-6,8-9,13H,7,10-12H2,1-3H3,(H,22,23,24). The molecule has 1 amide bonds. The fourth-order valence-electron chi connectivity index (χ4n) is 3.53. The van der Waals surface area contributed by atoms with Crippen LogP contribution < -0.4 is 5.32 Å². The van der Waals surface area contributed by atoms with Crippen LogP contribution in [0.1, 0.15) is 29.6 Å². The first-order valence-corrected chi connectivity index (χ1v) is 11.3. The van der Waals surface area contributed by atoms with Gasteiger partial charge in [-0.25, -0.2) is 9.97 Å². The molecule has 7 heteroatoms. The number of thioether (sulfide) groups is 1. The number of amides is 1. The van der Waals surface area contributed by atoms with Crippen molar-refractivity contribution in [2.24, 2.45) is 0 Å². The van der Waals surface area contributed by atoms with Crippen LogP contribution in [0.4, 0.5) is 5.82 Å². The summed E-state index contributed by atoms with van der Waals surface area (Å²) in [5.41, 5.74) is 1.37. The van der Waals surface area contributed by atoms with Crippen molar-refractivity contribution in [3.63, 3.8) is 0 Å². The van der Waals surface area contributed by atoms with Crippen molar-refractivity contribution in [1.82, 2.24) is 14.9 Å². The molecule has 0 fully saturated rings. The van der Waals surface area contributed by atoms with Crippen molar-refractivity contribution < 1.29 is 4.79 Å². The monoisotopic (exact) mass is 412 g/mol. The molecule has 2 heterocycles. The quantitative estimate of drug-likeness (QED) is 0.610. The minimum atomic E-state index is -0.334. The van der Waals surface area contributed by atoms with Gasteiger partial charge in [-0.15, -0.1) is 23.1 Å². The molecule has 28 heavy (non-hydrogen) atoms. The van der Waals surface area contributed by atoms with Gasteiger partial charge in [0.25, 0.3) is 0 Å². The molecule has 5 nitrogen and oxygen atoms in total. The van der Waals surface area contributed by atoms with E-state index in [1.165, 1.54) is 21.8 Å². The molecule has 4 rings (SSSR count). The van der Waals surface area contributed by atoms with Gasteiger partial charge in [0, 0.05) is 23.9 Å². The molecule has 1 unspecified atom stereocenters. The normalized spacial score (nSPS) is 14.1. The summed E-state index contributed by atoms with van der Waals surface area (Å²) in [6.45, 7) is 1.89. The van der Waals surface area contributed by atoms with Gasteiger partial charge in [0.05, 0.1) is 11.1 Å². The second-order valence-electron chi connectivity index (χ2n) is 7.23. The van der Waals surface area contributed by atoms with E-state index in [2.05, 4.69) is 17.4 Å². The molecular formula is C21H24N4OS2. The molecule has 3 aromatic rings. The fraction of sp³-hybridized carbons (Fsp3) is 0.381. The first-order valence-electron chi connectivity index (χ1n) is 9.49. The highest BCUT2D eigenvalue weighted by molar-refractivity contribution is 7.98. The Hall–Kier alpha value is -2.12. The van der Waals surface area contributed by atoms with Crippen LogP contribution in [0.25, 0.3) is 10.2 Å². The molecule has 2 aromatic heterocycles. The maximum Gasteiger partial charge on any atom is 0.244 e.